The molecule has 7 rings (SSSR count). The van der Waals surface area contributed by atoms with E-state index in [9.17, 15) is 4.39 Å². The molecule has 5 heteroatoms. The molecule has 2 unspecified atom stereocenters. The van der Waals surface area contributed by atoms with E-state index in [1.807, 2.05) is 0 Å². The van der Waals surface area contributed by atoms with Crippen LogP contribution in [0.15, 0.2) is 97.1 Å². The van der Waals surface area contributed by atoms with E-state index in [1.165, 1.54) is 33.4 Å². The Bertz CT molecular complexity index is 1250. The predicted octanol–water partition coefficient (Wildman–Crippen LogP) is 6.19. The van der Waals surface area contributed by atoms with E-state index in [4.69, 9.17) is 18.9 Å². The molecule has 0 aromatic heterocycles. The van der Waals surface area contributed by atoms with E-state index < -0.39 is 5.41 Å². The molecular weight excluding hydrogens is 467 g/mol. The zero-order chi connectivity index (χ0) is 25.2. The van der Waals surface area contributed by atoms with Crippen LogP contribution >= 0.6 is 0 Å². The summed E-state index contributed by atoms with van der Waals surface area (Å²) < 4.78 is 32.0. The lowest BCUT2D eigenvalue weighted by Gasteiger charge is -2.34. The number of halogens is 1. The van der Waals surface area contributed by atoms with Crippen LogP contribution in [-0.2, 0) is 14.9 Å². The van der Waals surface area contributed by atoms with E-state index in [-0.39, 0.29) is 12.2 Å². The fraction of sp³-hybridized carbons (Fsp3) is 0.250. The Labute approximate surface area is 216 Å². The molecular formula is C32H29FO4. The molecule has 37 heavy (non-hydrogen) atoms. The summed E-state index contributed by atoms with van der Waals surface area (Å²) in [6.07, 6.45) is 0.476. The quantitative estimate of drug-likeness (QED) is 0.240. The lowest BCUT2D eigenvalue weighted by Crippen LogP contribution is -2.28. The van der Waals surface area contributed by atoms with Crippen LogP contribution in [0.4, 0.5) is 4.39 Å². The van der Waals surface area contributed by atoms with Crippen LogP contribution in [0.5, 0.6) is 11.5 Å². The van der Waals surface area contributed by atoms with Crippen molar-refractivity contribution < 1.29 is 23.3 Å². The zero-order valence-corrected chi connectivity index (χ0v) is 20.7. The van der Waals surface area contributed by atoms with Crippen LogP contribution in [0, 0.1) is 0 Å². The standard InChI is InChI=1S/C31H26O4.CH3F/c1-3-7-29-27(5-1)28-6-2-4-8-30(28)31(29,21-9-13-23(14-10-21)32-17-25-19-34-25)22-11-15-24(16-12-22)33-18-26-20-35-26;1-2/h1-16,25-26H,17-20H2;1H3. The summed E-state index contributed by atoms with van der Waals surface area (Å²) in [5.74, 6) is 1.73. The number of hydrogen-bond acceptors (Lipinski definition) is 4. The summed E-state index contributed by atoms with van der Waals surface area (Å²) in [5.41, 5.74) is 7.14. The molecule has 4 aromatic carbocycles. The molecule has 2 fully saturated rings. The van der Waals surface area contributed by atoms with Gasteiger partial charge in [-0.05, 0) is 57.6 Å². The highest BCUT2D eigenvalue weighted by Gasteiger charge is 2.45. The molecule has 2 heterocycles. The molecule has 4 nitrogen and oxygen atoms in total. The minimum Gasteiger partial charge on any atom is -0.491 e. The molecule has 0 spiro atoms. The van der Waals surface area contributed by atoms with Crippen molar-refractivity contribution in [1.82, 2.24) is 0 Å². The van der Waals surface area contributed by atoms with Gasteiger partial charge in [0.25, 0.3) is 0 Å². The van der Waals surface area contributed by atoms with Gasteiger partial charge in [-0.2, -0.15) is 0 Å². The first-order valence-electron chi connectivity index (χ1n) is 12.6. The van der Waals surface area contributed by atoms with Crippen LogP contribution < -0.4 is 9.47 Å². The van der Waals surface area contributed by atoms with E-state index >= 15 is 0 Å². The summed E-state index contributed by atoms with van der Waals surface area (Å²) in [6, 6.07) is 34.7. The second kappa shape index (κ2) is 10.0. The Balaban J connectivity index is 0.00000123. The van der Waals surface area contributed by atoms with Gasteiger partial charge >= 0.3 is 0 Å². The van der Waals surface area contributed by atoms with Crippen molar-refractivity contribution in [2.45, 2.75) is 17.6 Å². The second-order valence-corrected chi connectivity index (χ2v) is 9.42. The number of benzene rings is 4. The third-order valence-electron chi connectivity index (χ3n) is 7.20. The monoisotopic (exact) mass is 496 g/mol. The van der Waals surface area contributed by atoms with Gasteiger partial charge in [-0.3, -0.25) is 4.39 Å². The van der Waals surface area contributed by atoms with Crippen molar-refractivity contribution in [2.24, 2.45) is 0 Å². The Hall–Kier alpha value is -3.67. The Morgan fingerprint density at radius 1 is 0.622 bits per heavy atom. The maximum absolute atomic E-state index is 9.50. The summed E-state index contributed by atoms with van der Waals surface area (Å²) in [5, 5.41) is 0. The van der Waals surface area contributed by atoms with Crippen LogP contribution in [0.3, 0.4) is 0 Å². The first-order chi connectivity index (χ1) is 18.3. The van der Waals surface area contributed by atoms with E-state index in [2.05, 4.69) is 97.1 Å². The van der Waals surface area contributed by atoms with Crippen LogP contribution in [0.1, 0.15) is 22.3 Å². The average Bonchev–Trinajstić information content (AvgIpc) is 3.91. The minimum absolute atomic E-state index is 0.238. The van der Waals surface area contributed by atoms with Crippen molar-refractivity contribution >= 4 is 0 Å². The molecule has 1 aliphatic carbocycles. The maximum atomic E-state index is 9.50. The average molecular weight is 497 g/mol. The number of ether oxygens (including phenoxy) is 4. The van der Waals surface area contributed by atoms with Crippen LogP contribution in [0.2, 0.25) is 0 Å². The smallest absolute Gasteiger partial charge is 0.119 e. The molecule has 4 aromatic rings. The van der Waals surface area contributed by atoms with E-state index in [0.29, 0.717) is 20.4 Å². The Morgan fingerprint density at radius 2 is 1.00 bits per heavy atom. The van der Waals surface area contributed by atoms with Crippen molar-refractivity contribution in [3.05, 3.63) is 119 Å². The van der Waals surface area contributed by atoms with Gasteiger partial charge in [0.05, 0.1) is 25.8 Å². The zero-order valence-electron chi connectivity index (χ0n) is 20.7. The highest BCUT2D eigenvalue weighted by molar-refractivity contribution is 5.86. The normalized spacial score (nSPS) is 19.6. The van der Waals surface area contributed by atoms with Gasteiger partial charge in [-0.1, -0.05) is 72.8 Å². The predicted molar refractivity (Wildman–Crippen MR) is 141 cm³/mol. The number of hydrogen-bond donors (Lipinski definition) is 0. The topological polar surface area (TPSA) is 43.5 Å². The van der Waals surface area contributed by atoms with Gasteiger partial charge in [0, 0.05) is 0 Å². The van der Waals surface area contributed by atoms with Gasteiger partial charge < -0.3 is 18.9 Å². The molecule has 0 bridgehead atoms. The molecule has 3 aliphatic rings. The lowest BCUT2D eigenvalue weighted by molar-refractivity contribution is 0.263. The van der Waals surface area contributed by atoms with Crippen LogP contribution in [-0.4, -0.2) is 45.8 Å². The van der Waals surface area contributed by atoms with Crippen LogP contribution in [0.25, 0.3) is 11.1 Å². The number of rotatable bonds is 8. The molecule has 2 aliphatic heterocycles. The first kappa shape index (κ1) is 23.7. The highest BCUT2D eigenvalue weighted by Crippen LogP contribution is 2.56. The third-order valence-corrected chi connectivity index (χ3v) is 7.20. The maximum Gasteiger partial charge on any atom is 0.119 e. The Morgan fingerprint density at radius 3 is 1.38 bits per heavy atom. The van der Waals surface area contributed by atoms with Gasteiger partial charge in [-0.25, -0.2) is 0 Å². The fourth-order valence-corrected chi connectivity index (χ4v) is 5.33. The van der Waals surface area contributed by atoms with E-state index in [0.717, 1.165) is 24.7 Å². The van der Waals surface area contributed by atoms with E-state index in [1.54, 1.807) is 0 Å². The molecule has 0 amide bonds. The van der Waals surface area contributed by atoms with Crippen molar-refractivity contribution in [1.29, 1.82) is 0 Å². The highest BCUT2D eigenvalue weighted by atomic mass is 19.1. The largest absolute Gasteiger partial charge is 0.491 e. The fourth-order valence-electron chi connectivity index (χ4n) is 5.33. The molecule has 0 radical (unpaired) electrons. The number of epoxide rings is 2. The summed E-state index contributed by atoms with van der Waals surface area (Å²) in [7, 11) is 0.500. The second-order valence-electron chi connectivity index (χ2n) is 9.42. The SMILES string of the molecule is CF.c1ccc2c(c1)-c1ccccc1C2(c1ccc(OCC2CO2)cc1)c1ccc(OCC2CO2)cc1. The molecule has 2 saturated heterocycles. The van der Waals surface area contributed by atoms with Gasteiger partial charge in [0.1, 0.15) is 36.9 Å². The van der Waals surface area contributed by atoms with Gasteiger partial charge in [0.15, 0.2) is 0 Å². The molecule has 0 saturated carbocycles. The van der Waals surface area contributed by atoms with Crippen molar-refractivity contribution in [3.63, 3.8) is 0 Å². The van der Waals surface area contributed by atoms with Crippen molar-refractivity contribution in [3.8, 4) is 22.6 Å². The number of fused-ring (bicyclic) bond motifs is 3. The molecule has 188 valence electrons. The first-order valence-corrected chi connectivity index (χ1v) is 12.6. The lowest BCUT2D eigenvalue weighted by atomic mass is 9.68. The van der Waals surface area contributed by atoms with Crippen molar-refractivity contribution in [2.75, 3.05) is 33.6 Å². The summed E-state index contributed by atoms with van der Waals surface area (Å²) in [4.78, 5) is 0. The minimum atomic E-state index is -0.427. The van der Waals surface area contributed by atoms with Gasteiger partial charge in [0.2, 0.25) is 0 Å². The molecule has 2 atom stereocenters. The number of alkyl halides is 1. The molecule has 0 N–H and O–H groups in total. The summed E-state index contributed by atoms with van der Waals surface area (Å²) in [6.45, 7) is 2.79. The van der Waals surface area contributed by atoms with Gasteiger partial charge in [-0.15, -0.1) is 0 Å². The Kier molecular flexibility index (Phi) is 6.41. The summed E-state index contributed by atoms with van der Waals surface area (Å²) >= 11 is 0. The third kappa shape index (κ3) is 4.39.